The molecule has 2 rings (SSSR count). The fraction of sp³-hybridized carbons (Fsp3) is 0.188. The highest BCUT2D eigenvalue weighted by atomic mass is 16.2. The van der Waals surface area contributed by atoms with Crippen molar-refractivity contribution in [3.63, 3.8) is 0 Å². The van der Waals surface area contributed by atoms with E-state index in [0.717, 1.165) is 29.8 Å². The van der Waals surface area contributed by atoms with Crippen LogP contribution in [0.25, 0.3) is 11.1 Å². The Morgan fingerprint density at radius 1 is 1.00 bits per heavy atom. The molecule has 20 heavy (non-hydrogen) atoms. The molecule has 2 aromatic carbocycles. The number of amides is 1. The van der Waals surface area contributed by atoms with E-state index in [9.17, 15) is 4.79 Å². The van der Waals surface area contributed by atoms with E-state index in [4.69, 9.17) is 5.73 Å². The third-order valence-corrected chi connectivity index (χ3v) is 2.97. The first-order chi connectivity index (χ1) is 9.70. The molecule has 0 unspecified atom stereocenters. The zero-order chi connectivity index (χ0) is 14.4. The highest BCUT2D eigenvalue weighted by molar-refractivity contribution is 5.94. The smallest absolute Gasteiger partial charge is 0.265 e. The van der Waals surface area contributed by atoms with Gasteiger partial charge in [-0.05, 0) is 41.8 Å². The molecule has 0 fully saturated rings. The lowest BCUT2D eigenvalue weighted by molar-refractivity contribution is 0.0933. The van der Waals surface area contributed by atoms with Crippen molar-refractivity contribution >= 4 is 11.6 Å². The number of anilines is 1. The molecule has 0 saturated carbocycles. The summed E-state index contributed by atoms with van der Waals surface area (Å²) in [5, 5.41) is 0. The van der Waals surface area contributed by atoms with Crippen LogP contribution in [0.5, 0.6) is 0 Å². The van der Waals surface area contributed by atoms with Crippen molar-refractivity contribution in [1.29, 1.82) is 0 Å². The Bertz CT molecular complexity index is 561. The second-order valence-corrected chi connectivity index (χ2v) is 4.58. The van der Waals surface area contributed by atoms with E-state index in [1.807, 2.05) is 55.5 Å². The SMILES string of the molecule is CCCNNC(=O)c1ccc(-c2ccc(N)cc2)cc1. The van der Waals surface area contributed by atoms with Crippen molar-refractivity contribution in [1.82, 2.24) is 10.9 Å². The van der Waals surface area contributed by atoms with Gasteiger partial charge in [-0.15, -0.1) is 0 Å². The summed E-state index contributed by atoms with van der Waals surface area (Å²) >= 11 is 0. The second kappa shape index (κ2) is 6.73. The number of hydrazine groups is 1. The Morgan fingerprint density at radius 3 is 2.10 bits per heavy atom. The summed E-state index contributed by atoms with van der Waals surface area (Å²) < 4.78 is 0. The summed E-state index contributed by atoms with van der Waals surface area (Å²) in [5.74, 6) is -0.123. The molecule has 0 bridgehead atoms. The minimum Gasteiger partial charge on any atom is -0.399 e. The largest absolute Gasteiger partial charge is 0.399 e. The number of nitrogens with two attached hydrogens (primary N) is 1. The Hall–Kier alpha value is -2.33. The van der Waals surface area contributed by atoms with Crippen LogP contribution in [0.15, 0.2) is 48.5 Å². The summed E-state index contributed by atoms with van der Waals surface area (Å²) in [4.78, 5) is 11.8. The van der Waals surface area contributed by atoms with E-state index in [1.54, 1.807) is 0 Å². The number of hydrogen-bond donors (Lipinski definition) is 3. The van der Waals surface area contributed by atoms with Crippen molar-refractivity contribution in [2.75, 3.05) is 12.3 Å². The van der Waals surface area contributed by atoms with Gasteiger partial charge in [0.05, 0.1) is 0 Å². The predicted molar refractivity (Wildman–Crippen MR) is 82.1 cm³/mol. The molecule has 0 saturated heterocycles. The van der Waals surface area contributed by atoms with Gasteiger partial charge in [0, 0.05) is 17.8 Å². The number of nitrogens with one attached hydrogen (secondary N) is 2. The van der Waals surface area contributed by atoms with E-state index >= 15 is 0 Å². The highest BCUT2D eigenvalue weighted by Crippen LogP contribution is 2.20. The van der Waals surface area contributed by atoms with Gasteiger partial charge < -0.3 is 5.73 Å². The van der Waals surface area contributed by atoms with E-state index in [0.29, 0.717) is 5.56 Å². The summed E-state index contributed by atoms with van der Waals surface area (Å²) in [6.07, 6.45) is 0.969. The Kier molecular flexibility index (Phi) is 4.74. The molecule has 0 radical (unpaired) electrons. The first kappa shape index (κ1) is 14.1. The van der Waals surface area contributed by atoms with Crippen LogP contribution in [-0.2, 0) is 0 Å². The summed E-state index contributed by atoms with van der Waals surface area (Å²) in [5.41, 5.74) is 14.7. The molecule has 0 aromatic heterocycles. The molecule has 4 N–H and O–H groups in total. The Balaban J connectivity index is 2.06. The standard InChI is InChI=1S/C16H19N3O/c1-2-11-18-19-16(20)14-5-3-12(4-6-14)13-7-9-15(17)10-8-13/h3-10,18H,2,11,17H2,1H3,(H,19,20). The molecule has 0 heterocycles. The number of carbonyl (C=O) groups excluding carboxylic acids is 1. The van der Waals surface area contributed by atoms with Crippen LogP contribution in [0.1, 0.15) is 23.7 Å². The van der Waals surface area contributed by atoms with Gasteiger partial charge >= 0.3 is 0 Å². The van der Waals surface area contributed by atoms with Gasteiger partial charge in [0.15, 0.2) is 0 Å². The van der Waals surface area contributed by atoms with Crippen molar-refractivity contribution < 1.29 is 4.79 Å². The minimum absolute atomic E-state index is 0.123. The van der Waals surface area contributed by atoms with Crippen molar-refractivity contribution in [3.8, 4) is 11.1 Å². The quantitative estimate of drug-likeness (QED) is 0.444. The molecule has 0 atom stereocenters. The summed E-state index contributed by atoms with van der Waals surface area (Å²) in [6.45, 7) is 2.80. The fourth-order valence-electron chi connectivity index (χ4n) is 1.83. The second-order valence-electron chi connectivity index (χ2n) is 4.58. The highest BCUT2D eigenvalue weighted by Gasteiger charge is 2.05. The lowest BCUT2D eigenvalue weighted by Crippen LogP contribution is -2.37. The summed E-state index contributed by atoms with van der Waals surface area (Å²) in [7, 11) is 0. The van der Waals surface area contributed by atoms with E-state index in [1.165, 1.54) is 0 Å². The third kappa shape index (κ3) is 3.59. The lowest BCUT2D eigenvalue weighted by atomic mass is 10.0. The average Bonchev–Trinajstić information content (AvgIpc) is 2.48. The maximum Gasteiger partial charge on any atom is 0.265 e. The molecular formula is C16H19N3O. The van der Waals surface area contributed by atoms with Crippen LogP contribution >= 0.6 is 0 Å². The number of hydrogen-bond acceptors (Lipinski definition) is 3. The number of nitrogen functional groups attached to an aromatic ring is 1. The van der Waals surface area contributed by atoms with Crippen LogP contribution in [0.2, 0.25) is 0 Å². The molecule has 4 nitrogen and oxygen atoms in total. The van der Waals surface area contributed by atoms with Gasteiger partial charge in [-0.1, -0.05) is 31.2 Å². The fourth-order valence-corrected chi connectivity index (χ4v) is 1.83. The lowest BCUT2D eigenvalue weighted by Gasteiger charge is -2.07. The number of benzene rings is 2. The molecule has 0 spiro atoms. The van der Waals surface area contributed by atoms with Gasteiger partial charge in [-0.3, -0.25) is 10.2 Å². The maximum absolute atomic E-state index is 11.8. The van der Waals surface area contributed by atoms with Crippen molar-refractivity contribution in [3.05, 3.63) is 54.1 Å². The zero-order valence-corrected chi connectivity index (χ0v) is 11.5. The zero-order valence-electron chi connectivity index (χ0n) is 11.5. The van der Waals surface area contributed by atoms with E-state index in [2.05, 4.69) is 10.9 Å². The Labute approximate surface area is 119 Å². The van der Waals surface area contributed by atoms with Crippen molar-refractivity contribution in [2.24, 2.45) is 0 Å². The van der Waals surface area contributed by atoms with Crippen LogP contribution in [-0.4, -0.2) is 12.5 Å². The average molecular weight is 269 g/mol. The van der Waals surface area contributed by atoms with Gasteiger partial charge in [0.25, 0.3) is 5.91 Å². The van der Waals surface area contributed by atoms with Crippen LogP contribution < -0.4 is 16.6 Å². The summed E-state index contributed by atoms with van der Waals surface area (Å²) in [6, 6.07) is 15.2. The molecule has 0 aliphatic carbocycles. The molecule has 0 aliphatic rings. The molecule has 4 heteroatoms. The topological polar surface area (TPSA) is 67.1 Å². The van der Waals surface area contributed by atoms with Crippen LogP contribution in [0.4, 0.5) is 5.69 Å². The molecular weight excluding hydrogens is 250 g/mol. The maximum atomic E-state index is 11.8. The minimum atomic E-state index is -0.123. The van der Waals surface area contributed by atoms with Crippen molar-refractivity contribution in [2.45, 2.75) is 13.3 Å². The van der Waals surface area contributed by atoms with Gasteiger partial charge in [-0.2, -0.15) is 0 Å². The van der Waals surface area contributed by atoms with Gasteiger partial charge in [0.1, 0.15) is 0 Å². The molecule has 0 aliphatic heterocycles. The first-order valence-electron chi connectivity index (χ1n) is 6.70. The normalized spacial score (nSPS) is 10.2. The number of rotatable bonds is 5. The van der Waals surface area contributed by atoms with Gasteiger partial charge in [0.2, 0.25) is 0 Å². The van der Waals surface area contributed by atoms with Crippen LogP contribution in [0.3, 0.4) is 0 Å². The predicted octanol–water partition coefficient (Wildman–Crippen LogP) is 2.58. The monoisotopic (exact) mass is 269 g/mol. The molecule has 1 amide bonds. The Morgan fingerprint density at radius 2 is 1.55 bits per heavy atom. The first-order valence-corrected chi connectivity index (χ1v) is 6.70. The molecule has 2 aromatic rings. The number of carbonyl (C=O) groups is 1. The molecule has 104 valence electrons. The third-order valence-electron chi connectivity index (χ3n) is 2.97. The van der Waals surface area contributed by atoms with E-state index < -0.39 is 0 Å². The van der Waals surface area contributed by atoms with Gasteiger partial charge in [-0.25, -0.2) is 5.43 Å². The van der Waals surface area contributed by atoms with Crippen LogP contribution in [0, 0.1) is 0 Å². The van der Waals surface area contributed by atoms with E-state index in [-0.39, 0.29) is 5.91 Å².